The van der Waals surface area contributed by atoms with E-state index in [1.54, 1.807) is 38.1 Å². The number of benzene rings is 2. The number of rotatable bonds is 7. The number of hydrogen-bond donors (Lipinski definition) is 0. The fraction of sp³-hybridized carbons (Fsp3) is 0.259. The van der Waals surface area contributed by atoms with Gasteiger partial charge in [-0.2, -0.15) is 0 Å². The number of ether oxygens (including phenoxy) is 3. The van der Waals surface area contributed by atoms with Crippen LogP contribution in [-0.2, 0) is 14.3 Å². The maximum absolute atomic E-state index is 13.7. The lowest BCUT2D eigenvalue weighted by molar-refractivity contribution is -0.139. The van der Waals surface area contributed by atoms with E-state index in [9.17, 15) is 14.4 Å². The average Bonchev–Trinajstić information content (AvgIpc) is 3.14. The van der Waals surface area contributed by atoms with Crippen molar-refractivity contribution in [3.63, 3.8) is 0 Å². The Hall–Kier alpha value is -3.98. The molecule has 186 valence electrons. The first-order valence-electron chi connectivity index (χ1n) is 11.5. The summed E-state index contributed by atoms with van der Waals surface area (Å²) in [5.41, 5.74) is 1.93. The van der Waals surface area contributed by atoms with Gasteiger partial charge in [0, 0.05) is 6.92 Å². The normalized spacial score (nSPS) is 15.2. The van der Waals surface area contributed by atoms with Crippen LogP contribution in [0, 0.1) is 0 Å². The first kappa shape index (κ1) is 25.1. The summed E-state index contributed by atoms with van der Waals surface area (Å²) in [4.78, 5) is 43.4. The van der Waals surface area contributed by atoms with Gasteiger partial charge in [-0.05, 0) is 50.1 Å². The van der Waals surface area contributed by atoms with Crippen LogP contribution in [0.1, 0.15) is 44.9 Å². The third-order valence-electron chi connectivity index (χ3n) is 5.45. The van der Waals surface area contributed by atoms with Crippen LogP contribution in [0.2, 0.25) is 0 Å². The zero-order valence-corrected chi connectivity index (χ0v) is 21.3. The molecule has 8 nitrogen and oxygen atoms in total. The monoisotopic (exact) mass is 506 g/mol. The highest BCUT2D eigenvalue weighted by molar-refractivity contribution is 7.07. The highest BCUT2D eigenvalue weighted by atomic mass is 32.1. The second kappa shape index (κ2) is 10.7. The van der Waals surface area contributed by atoms with E-state index in [-0.39, 0.29) is 23.5 Å². The van der Waals surface area contributed by atoms with Gasteiger partial charge in [0.25, 0.3) is 5.56 Å². The van der Waals surface area contributed by atoms with Gasteiger partial charge < -0.3 is 14.2 Å². The summed E-state index contributed by atoms with van der Waals surface area (Å²) in [6, 6.07) is 13.7. The van der Waals surface area contributed by atoms with Gasteiger partial charge in [-0.3, -0.25) is 14.2 Å². The van der Waals surface area contributed by atoms with Crippen LogP contribution in [0.15, 0.2) is 69.6 Å². The largest absolute Gasteiger partial charge is 0.490 e. The molecule has 1 aliphatic rings. The van der Waals surface area contributed by atoms with Crippen LogP contribution in [0.4, 0.5) is 0 Å². The summed E-state index contributed by atoms with van der Waals surface area (Å²) in [6.07, 6.45) is 1.81. The summed E-state index contributed by atoms with van der Waals surface area (Å²) in [5.74, 6) is -0.457. The quantitative estimate of drug-likeness (QED) is 0.361. The summed E-state index contributed by atoms with van der Waals surface area (Å²) in [5, 5.41) is 0. The summed E-state index contributed by atoms with van der Waals surface area (Å²) in [6.45, 7) is 7.07. The molecule has 4 rings (SSSR count). The van der Waals surface area contributed by atoms with Gasteiger partial charge in [-0.15, -0.1) is 0 Å². The Bertz CT molecular complexity index is 1520. The van der Waals surface area contributed by atoms with Crippen LogP contribution in [-0.4, -0.2) is 29.7 Å². The Morgan fingerprint density at radius 2 is 1.83 bits per heavy atom. The smallest absolute Gasteiger partial charge is 0.338 e. The van der Waals surface area contributed by atoms with Gasteiger partial charge in [0.1, 0.15) is 0 Å². The molecule has 36 heavy (non-hydrogen) atoms. The molecule has 1 atom stereocenters. The van der Waals surface area contributed by atoms with E-state index in [0.29, 0.717) is 33.0 Å². The molecule has 2 aromatic carbocycles. The van der Waals surface area contributed by atoms with Crippen molar-refractivity contribution in [2.45, 2.75) is 33.7 Å². The molecule has 1 aromatic heterocycles. The number of esters is 2. The minimum absolute atomic E-state index is 0.177. The summed E-state index contributed by atoms with van der Waals surface area (Å²) < 4.78 is 18.3. The third-order valence-corrected chi connectivity index (χ3v) is 6.43. The minimum Gasteiger partial charge on any atom is -0.490 e. The van der Waals surface area contributed by atoms with Gasteiger partial charge in [0.2, 0.25) is 0 Å². The van der Waals surface area contributed by atoms with Crippen molar-refractivity contribution in [3.05, 3.63) is 90.6 Å². The van der Waals surface area contributed by atoms with Crippen molar-refractivity contribution in [2.24, 2.45) is 4.99 Å². The zero-order valence-electron chi connectivity index (χ0n) is 20.4. The highest BCUT2D eigenvalue weighted by Crippen LogP contribution is 2.36. The Labute approximate surface area is 211 Å². The molecule has 2 heterocycles. The molecule has 0 N–H and O–H groups in total. The van der Waals surface area contributed by atoms with Crippen LogP contribution in [0.25, 0.3) is 6.08 Å². The van der Waals surface area contributed by atoms with Crippen molar-refractivity contribution >= 4 is 29.4 Å². The van der Waals surface area contributed by atoms with Crippen molar-refractivity contribution in [1.82, 2.24) is 4.57 Å². The van der Waals surface area contributed by atoms with Crippen LogP contribution >= 0.6 is 11.3 Å². The standard InChI is InChI=1S/C27H26N2O6S/c1-5-33-21-15-19(12-13-20(21)35-17(4)30)24-23(26(32)34-6-2)16(3)28-27-29(24)25(31)22(36-27)14-18-10-8-7-9-11-18/h7-15,24H,5-6H2,1-4H3/b22-14+/t24-/m1/s1. The van der Waals surface area contributed by atoms with E-state index >= 15 is 0 Å². The first-order chi connectivity index (χ1) is 17.3. The van der Waals surface area contributed by atoms with E-state index in [2.05, 4.69) is 4.99 Å². The molecule has 1 aliphatic heterocycles. The average molecular weight is 507 g/mol. The number of nitrogens with zero attached hydrogens (tertiary/aromatic N) is 2. The molecule has 0 fully saturated rings. The molecule has 0 aliphatic carbocycles. The fourth-order valence-corrected chi connectivity index (χ4v) is 5.06. The second-order valence-electron chi connectivity index (χ2n) is 7.95. The summed E-state index contributed by atoms with van der Waals surface area (Å²) in [7, 11) is 0. The van der Waals surface area contributed by atoms with Crippen LogP contribution in [0.3, 0.4) is 0 Å². The zero-order chi connectivity index (χ0) is 25.8. The van der Waals surface area contributed by atoms with E-state index < -0.39 is 18.0 Å². The lowest BCUT2D eigenvalue weighted by atomic mass is 9.95. The molecule has 0 saturated carbocycles. The fourth-order valence-electron chi connectivity index (χ4n) is 4.01. The second-order valence-corrected chi connectivity index (χ2v) is 8.95. The van der Waals surface area contributed by atoms with Gasteiger partial charge in [0.15, 0.2) is 16.3 Å². The maximum atomic E-state index is 13.7. The Morgan fingerprint density at radius 3 is 2.50 bits per heavy atom. The summed E-state index contributed by atoms with van der Waals surface area (Å²) >= 11 is 1.25. The number of carbonyl (C=O) groups excluding carboxylic acids is 2. The van der Waals surface area contributed by atoms with Gasteiger partial charge in [-0.1, -0.05) is 47.7 Å². The van der Waals surface area contributed by atoms with E-state index in [4.69, 9.17) is 14.2 Å². The molecule has 9 heteroatoms. The molecule has 0 spiro atoms. The van der Waals surface area contributed by atoms with Crippen molar-refractivity contribution < 1.29 is 23.8 Å². The minimum atomic E-state index is -0.802. The number of allylic oxidation sites excluding steroid dienone is 1. The van der Waals surface area contributed by atoms with Crippen molar-refractivity contribution in [3.8, 4) is 11.5 Å². The molecule has 0 radical (unpaired) electrons. The number of aromatic nitrogens is 1. The Kier molecular flexibility index (Phi) is 7.49. The van der Waals surface area contributed by atoms with Crippen LogP contribution in [0.5, 0.6) is 11.5 Å². The first-order valence-corrected chi connectivity index (χ1v) is 12.4. The van der Waals surface area contributed by atoms with Crippen molar-refractivity contribution in [2.75, 3.05) is 13.2 Å². The van der Waals surface area contributed by atoms with Crippen LogP contribution < -0.4 is 24.4 Å². The Balaban J connectivity index is 1.95. The topological polar surface area (TPSA) is 96.2 Å². The van der Waals surface area contributed by atoms with Gasteiger partial charge in [-0.25, -0.2) is 9.79 Å². The molecule has 0 bridgehead atoms. The van der Waals surface area contributed by atoms with Gasteiger partial charge >= 0.3 is 11.9 Å². The molecule has 0 amide bonds. The lowest BCUT2D eigenvalue weighted by Crippen LogP contribution is -2.40. The van der Waals surface area contributed by atoms with Crippen molar-refractivity contribution in [1.29, 1.82) is 0 Å². The predicted molar refractivity (Wildman–Crippen MR) is 136 cm³/mol. The van der Waals surface area contributed by atoms with Gasteiger partial charge in [0.05, 0.1) is 35.1 Å². The van der Waals surface area contributed by atoms with E-state index in [1.165, 1.54) is 22.8 Å². The van der Waals surface area contributed by atoms with E-state index in [0.717, 1.165) is 5.56 Å². The molecule has 0 unspecified atom stereocenters. The molecular weight excluding hydrogens is 480 g/mol. The number of hydrogen-bond acceptors (Lipinski definition) is 8. The number of carbonyl (C=O) groups is 2. The SMILES string of the molecule is CCOC(=O)C1=C(C)N=c2s/c(=C/c3ccccc3)c(=O)n2[C@@H]1c1ccc(OC(C)=O)c(OCC)c1. The third kappa shape index (κ3) is 5.01. The van der Waals surface area contributed by atoms with E-state index in [1.807, 2.05) is 37.3 Å². The molecule has 0 saturated heterocycles. The Morgan fingerprint density at radius 1 is 1.08 bits per heavy atom. The number of thiazole rings is 1. The predicted octanol–water partition coefficient (Wildman–Crippen LogP) is 3.12. The lowest BCUT2D eigenvalue weighted by Gasteiger charge is -2.25. The highest BCUT2D eigenvalue weighted by Gasteiger charge is 2.34. The molecule has 3 aromatic rings. The maximum Gasteiger partial charge on any atom is 0.338 e. The molecular formula is C27H26N2O6S. The number of fused-ring (bicyclic) bond motifs is 1.